The SMILES string of the molecule is CCNC(=NCC(C)(C)SC)NCCN(CC)CC.I. The maximum atomic E-state index is 4.66. The van der Waals surface area contributed by atoms with Crippen molar-refractivity contribution in [3.05, 3.63) is 0 Å². The molecule has 0 aromatic carbocycles. The summed E-state index contributed by atoms with van der Waals surface area (Å²) < 4.78 is 0.196. The molecular formula is C14H33IN4S. The molecule has 0 atom stereocenters. The third kappa shape index (κ3) is 11.0. The van der Waals surface area contributed by atoms with Crippen LogP contribution in [-0.2, 0) is 0 Å². The number of halogens is 1. The van der Waals surface area contributed by atoms with Crippen LogP contribution in [0.4, 0.5) is 0 Å². The molecule has 6 heteroatoms. The molecule has 0 saturated heterocycles. The summed E-state index contributed by atoms with van der Waals surface area (Å²) in [4.78, 5) is 7.06. The molecule has 0 aliphatic heterocycles. The van der Waals surface area contributed by atoms with E-state index >= 15 is 0 Å². The minimum Gasteiger partial charge on any atom is -0.357 e. The van der Waals surface area contributed by atoms with Gasteiger partial charge in [-0.15, -0.1) is 24.0 Å². The van der Waals surface area contributed by atoms with Gasteiger partial charge in [-0.1, -0.05) is 13.8 Å². The predicted octanol–water partition coefficient (Wildman–Crippen LogP) is 2.64. The number of aliphatic imine (C=N–C) groups is 1. The molecule has 0 fully saturated rings. The zero-order chi connectivity index (χ0) is 14.7. The van der Waals surface area contributed by atoms with Crippen molar-refractivity contribution in [2.24, 2.45) is 4.99 Å². The maximum Gasteiger partial charge on any atom is 0.191 e. The molecule has 0 unspecified atom stereocenters. The van der Waals surface area contributed by atoms with Crippen LogP contribution in [-0.4, -0.2) is 61.1 Å². The predicted molar refractivity (Wildman–Crippen MR) is 105 cm³/mol. The van der Waals surface area contributed by atoms with E-state index in [1.54, 1.807) is 0 Å². The van der Waals surface area contributed by atoms with Crippen molar-refractivity contribution in [2.75, 3.05) is 45.5 Å². The number of guanidine groups is 1. The lowest BCUT2D eigenvalue weighted by Gasteiger charge is -2.21. The first-order valence-electron chi connectivity index (χ1n) is 7.28. The quantitative estimate of drug-likeness (QED) is 0.345. The van der Waals surface area contributed by atoms with Crippen molar-refractivity contribution in [1.82, 2.24) is 15.5 Å². The van der Waals surface area contributed by atoms with Crippen LogP contribution in [0.1, 0.15) is 34.6 Å². The Kier molecular flexibility index (Phi) is 14.7. The van der Waals surface area contributed by atoms with E-state index in [2.05, 4.69) is 61.4 Å². The monoisotopic (exact) mass is 416 g/mol. The number of nitrogens with zero attached hydrogens (tertiary/aromatic N) is 2. The Morgan fingerprint density at radius 2 is 1.75 bits per heavy atom. The van der Waals surface area contributed by atoms with Crippen LogP contribution in [0.3, 0.4) is 0 Å². The second-order valence-corrected chi connectivity index (χ2v) is 6.63. The van der Waals surface area contributed by atoms with E-state index < -0.39 is 0 Å². The summed E-state index contributed by atoms with van der Waals surface area (Å²) in [6, 6.07) is 0. The average molecular weight is 416 g/mol. The fourth-order valence-electron chi connectivity index (χ4n) is 1.55. The standard InChI is InChI=1S/C14H32N4S.HI/c1-7-15-13(17-12-14(4,5)19-6)16-10-11-18(8-2)9-3;/h7-12H2,1-6H3,(H2,15,16,17);1H. The number of hydrogen-bond donors (Lipinski definition) is 2. The third-order valence-corrected chi connectivity index (χ3v) is 4.36. The highest BCUT2D eigenvalue weighted by atomic mass is 127. The molecule has 0 aliphatic rings. The van der Waals surface area contributed by atoms with Gasteiger partial charge in [-0.3, -0.25) is 4.99 Å². The Bertz CT molecular complexity index is 256. The molecule has 0 amide bonds. The van der Waals surface area contributed by atoms with Crippen LogP contribution in [0.5, 0.6) is 0 Å². The van der Waals surface area contributed by atoms with Gasteiger partial charge >= 0.3 is 0 Å². The van der Waals surface area contributed by atoms with Crippen LogP contribution in [0.15, 0.2) is 4.99 Å². The summed E-state index contributed by atoms with van der Waals surface area (Å²) in [5.74, 6) is 0.928. The third-order valence-electron chi connectivity index (χ3n) is 3.13. The van der Waals surface area contributed by atoms with Gasteiger partial charge < -0.3 is 15.5 Å². The molecule has 0 heterocycles. The number of thioether (sulfide) groups is 1. The average Bonchev–Trinajstić information content (AvgIpc) is 2.41. The minimum absolute atomic E-state index is 0. The number of likely N-dealkylation sites (N-methyl/N-ethyl adjacent to an activating group) is 1. The summed E-state index contributed by atoms with van der Waals surface area (Å²) in [6.45, 7) is 16.9. The van der Waals surface area contributed by atoms with Crippen molar-refractivity contribution < 1.29 is 0 Å². The number of rotatable bonds is 9. The molecule has 2 N–H and O–H groups in total. The molecule has 0 spiro atoms. The summed E-state index contributed by atoms with van der Waals surface area (Å²) in [5.41, 5.74) is 0. The lowest BCUT2D eigenvalue weighted by molar-refractivity contribution is 0.308. The highest BCUT2D eigenvalue weighted by Crippen LogP contribution is 2.20. The smallest absolute Gasteiger partial charge is 0.191 e. The van der Waals surface area contributed by atoms with Crippen molar-refractivity contribution in [3.63, 3.8) is 0 Å². The molecule has 0 saturated carbocycles. The van der Waals surface area contributed by atoms with Gasteiger partial charge in [0.2, 0.25) is 0 Å². The molecule has 0 rings (SSSR count). The summed E-state index contributed by atoms with van der Waals surface area (Å²) >= 11 is 1.85. The van der Waals surface area contributed by atoms with Crippen molar-refractivity contribution in [2.45, 2.75) is 39.4 Å². The second kappa shape index (κ2) is 13.0. The van der Waals surface area contributed by atoms with Gasteiger partial charge in [0, 0.05) is 24.4 Å². The molecule has 20 heavy (non-hydrogen) atoms. The highest BCUT2D eigenvalue weighted by molar-refractivity contribution is 14.0. The number of hydrogen-bond acceptors (Lipinski definition) is 3. The minimum atomic E-state index is 0. The first kappa shape index (κ1) is 22.6. The van der Waals surface area contributed by atoms with Crippen molar-refractivity contribution >= 4 is 41.7 Å². The lowest BCUT2D eigenvalue weighted by atomic mass is 10.2. The topological polar surface area (TPSA) is 39.7 Å². The van der Waals surface area contributed by atoms with Crippen molar-refractivity contribution in [1.29, 1.82) is 0 Å². The van der Waals surface area contributed by atoms with Crippen LogP contribution in [0.2, 0.25) is 0 Å². The van der Waals surface area contributed by atoms with Crippen LogP contribution in [0, 0.1) is 0 Å². The Hall–Kier alpha value is 0.310. The molecule has 0 aliphatic carbocycles. The zero-order valence-electron chi connectivity index (χ0n) is 14.0. The van der Waals surface area contributed by atoms with Gasteiger partial charge in [0.1, 0.15) is 0 Å². The Labute approximate surface area is 147 Å². The molecule has 0 bridgehead atoms. The fourth-order valence-corrected chi connectivity index (χ4v) is 1.74. The van der Waals surface area contributed by atoms with E-state index in [1.165, 1.54) is 0 Å². The summed E-state index contributed by atoms with van der Waals surface area (Å²) in [7, 11) is 0. The van der Waals surface area contributed by atoms with Crippen LogP contribution in [0.25, 0.3) is 0 Å². The maximum absolute atomic E-state index is 4.66. The van der Waals surface area contributed by atoms with Gasteiger partial charge in [-0.2, -0.15) is 11.8 Å². The van der Waals surface area contributed by atoms with Gasteiger partial charge in [-0.05, 0) is 40.1 Å². The van der Waals surface area contributed by atoms with Gasteiger partial charge in [0.05, 0.1) is 6.54 Å². The number of nitrogens with one attached hydrogen (secondary N) is 2. The first-order valence-corrected chi connectivity index (χ1v) is 8.51. The normalized spacial score (nSPS) is 12.2. The van der Waals surface area contributed by atoms with E-state index in [0.29, 0.717) is 0 Å². The molecule has 0 radical (unpaired) electrons. The van der Waals surface area contributed by atoms with E-state index in [4.69, 9.17) is 0 Å². The van der Waals surface area contributed by atoms with E-state index in [1.807, 2.05) is 11.8 Å². The van der Waals surface area contributed by atoms with E-state index in [-0.39, 0.29) is 28.7 Å². The fraction of sp³-hybridized carbons (Fsp3) is 0.929. The molecular weight excluding hydrogens is 383 g/mol. The molecule has 122 valence electrons. The summed E-state index contributed by atoms with van der Waals surface area (Å²) in [5, 5.41) is 6.70. The molecule has 0 aromatic heterocycles. The van der Waals surface area contributed by atoms with Gasteiger partial charge in [0.15, 0.2) is 5.96 Å². The first-order chi connectivity index (χ1) is 8.99. The Morgan fingerprint density at radius 3 is 2.20 bits per heavy atom. The van der Waals surface area contributed by atoms with Crippen LogP contribution >= 0.6 is 35.7 Å². The van der Waals surface area contributed by atoms with Gasteiger partial charge in [0.25, 0.3) is 0 Å². The molecule has 4 nitrogen and oxygen atoms in total. The zero-order valence-corrected chi connectivity index (χ0v) is 17.1. The largest absolute Gasteiger partial charge is 0.357 e. The lowest BCUT2D eigenvalue weighted by Crippen LogP contribution is -2.42. The summed E-state index contributed by atoms with van der Waals surface area (Å²) in [6.07, 6.45) is 2.14. The van der Waals surface area contributed by atoms with E-state index in [0.717, 1.165) is 45.2 Å². The Balaban J connectivity index is 0. The highest BCUT2D eigenvalue weighted by Gasteiger charge is 2.15. The van der Waals surface area contributed by atoms with E-state index in [9.17, 15) is 0 Å². The Morgan fingerprint density at radius 1 is 1.15 bits per heavy atom. The van der Waals surface area contributed by atoms with Crippen LogP contribution < -0.4 is 10.6 Å². The van der Waals surface area contributed by atoms with Gasteiger partial charge in [-0.25, -0.2) is 0 Å². The molecule has 0 aromatic rings. The van der Waals surface area contributed by atoms with Crippen molar-refractivity contribution in [3.8, 4) is 0 Å². The second-order valence-electron chi connectivity index (χ2n) is 5.11.